The number of aromatic nitrogens is 3. The highest BCUT2D eigenvalue weighted by molar-refractivity contribution is 14.1. The van der Waals surface area contributed by atoms with Crippen molar-refractivity contribution in [1.29, 1.82) is 0 Å². The van der Waals surface area contributed by atoms with Gasteiger partial charge in [0.05, 0.1) is 12.2 Å². The van der Waals surface area contributed by atoms with Crippen LogP contribution in [0, 0.1) is 0 Å². The molecule has 0 bridgehead atoms. The Morgan fingerprint density at radius 1 is 1.29 bits per heavy atom. The molecule has 2 aromatic rings. The van der Waals surface area contributed by atoms with Crippen molar-refractivity contribution < 1.29 is 0 Å². The number of nitrogens with zero attached hydrogens (tertiary/aromatic N) is 3. The molecule has 17 heavy (non-hydrogen) atoms. The zero-order chi connectivity index (χ0) is 11.8. The highest BCUT2D eigenvalue weighted by atomic mass is 127. The summed E-state index contributed by atoms with van der Waals surface area (Å²) in [6.07, 6.45) is 8.90. The molecule has 2 heterocycles. The van der Waals surface area contributed by atoms with Crippen molar-refractivity contribution in [1.82, 2.24) is 14.8 Å². The Morgan fingerprint density at radius 3 is 2.82 bits per heavy atom. The summed E-state index contributed by atoms with van der Waals surface area (Å²) in [7, 11) is 0. The lowest BCUT2D eigenvalue weighted by atomic mass is 9.96. The Bertz CT molecular complexity index is 528. The van der Waals surface area contributed by atoms with E-state index in [4.69, 9.17) is 5.73 Å². The summed E-state index contributed by atoms with van der Waals surface area (Å²) in [6.45, 7) is 0. The van der Waals surface area contributed by atoms with Crippen molar-refractivity contribution in [2.45, 2.75) is 35.6 Å². The van der Waals surface area contributed by atoms with Gasteiger partial charge in [-0.15, -0.1) is 0 Å². The Labute approximate surface area is 114 Å². The average molecular weight is 342 g/mol. The summed E-state index contributed by atoms with van der Waals surface area (Å²) in [5.74, 6) is 0.563. The van der Waals surface area contributed by atoms with Gasteiger partial charge in [0, 0.05) is 15.5 Å². The topological polar surface area (TPSA) is 56.7 Å². The van der Waals surface area contributed by atoms with Crippen LogP contribution in [0.2, 0.25) is 0 Å². The van der Waals surface area contributed by atoms with Gasteiger partial charge < -0.3 is 5.73 Å². The van der Waals surface area contributed by atoms with Crippen molar-refractivity contribution in [2.75, 3.05) is 5.73 Å². The first-order valence-corrected chi connectivity index (χ1v) is 7.21. The van der Waals surface area contributed by atoms with Crippen molar-refractivity contribution in [3.8, 4) is 0 Å². The smallest absolute Gasteiger partial charge is 0.124 e. The van der Waals surface area contributed by atoms with E-state index in [2.05, 4.69) is 43.6 Å². The fraction of sp³-hybridized carbons (Fsp3) is 0.500. The van der Waals surface area contributed by atoms with Crippen LogP contribution in [-0.4, -0.2) is 18.7 Å². The summed E-state index contributed by atoms with van der Waals surface area (Å²) in [5, 5.41) is 5.69. The predicted molar refractivity (Wildman–Crippen MR) is 77.3 cm³/mol. The van der Waals surface area contributed by atoms with Gasteiger partial charge in [0.15, 0.2) is 0 Å². The third-order valence-electron chi connectivity index (χ3n) is 3.43. The van der Waals surface area contributed by atoms with E-state index in [0.717, 1.165) is 14.8 Å². The largest absolute Gasteiger partial charge is 0.384 e. The maximum absolute atomic E-state index is 5.68. The number of rotatable bonds is 1. The molecule has 3 rings (SSSR count). The highest BCUT2D eigenvalue weighted by Crippen LogP contribution is 2.32. The molecule has 1 fully saturated rings. The second kappa shape index (κ2) is 4.44. The van der Waals surface area contributed by atoms with Crippen LogP contribution in [-0.2, 0) is 0 Å². The molecule has 2 aromatic heterocycles. The number of nitrogen functional groups attached to an aromatic ring is 1. The minimum absolute atomic E-state index is 0.551. The number of hydrogen-bond donors (Lipinski definition) is 1. The zero-order valence-electron chi connectivity index (χ0n) is 9.51. The van der Waals surface area contributed by atoms with E-state index in [9.17, 15) is 0 Å². The first kappa shape index (κ1) is 11.3. The van der Waals surface area contributed by atoms with Crippen LogP contribution in [0.1, 0.15) is 31.7 Å². The van der Waals surface area contributed by atoms with E-state index >= 15 is 0 Å². The van der Waals surface area contributed by atoms with Gasteiger partial charge in [-0.05, 0) is 31.7 Å². The van der Waals surface area contributed by atoms with Crippen LogP contribution in [0.5, 0.6) is 0 Å². The monoisotopic (exact) mass is 342 g/mol. The molecule has 0 atom stereocenters. The standard InChI is InChI=1S/C12H15IN4/c13-9-1-3-10(4-2-9)17-7-8-5-12(14)15-6-11(8)16-17/h5-7,9-10H,1-4,14H2/t9-,10-. The quantitative estimate of drug-likeness (QED) is 0.640. The molecule has 90 valence electrons. The molecule has 5 heteroatoms. The molecule has 0 spiro atoms. The minimum atomic E-state index is 0.551. The van der Waals surface area contributed by atoms with Gasteiger partial charge in [-0.2, -0.15) is 5.10 Å². The lowest BCUT2D eigenvalue weighted by molar-refractivity contribution is 0.341. The van der Waals surface area contributed by atoms with Gasteiger partial charge in [-0.25, -0.2) is 4.98 Å². The molecule has 0 amide bonds. The lowest BCUT2D eigenvalue weighted by Gasteiger charge is -2.25. The molecule has 0 saturated heterocycles. The van der Waals surface area contributed by atoms with Crippen LogP contribution in [0.4, 0.5) is 5.82 Å². The second-order valence-corrected chi connectivity index (χ2v) is 6.44. The van der Waals surface area contributed by atoms with Gasteiger partial charge in [0.25, 0.3) is 0 Å². The maximum Gasteiger partial charge on any atom is 0.124 e. The molecular formula is C12H15IN4. The van der Waals surface area contributed by atoms with E-state index in [0.29, 0.717) is 11.9 Å². The molecule has 2 N–H and O–H groups in total. The van der Waals surface area contributed by atoms with E-state index in [1.54, 1.807) is 6.20 Å². The molecule has 0 radical (unpaired) electrons. The van der Waals surface area contributed by atoms with Crippen LogP contribution >= 0.6 is 22.6 Å². The van der Waals surface area contributed by atoms with E-state index in [-0.39, 0.29) is 0 Å². The number of alkyl halides is 1. The van der Waals surface area contributed by atoms with Crippen molar-refractivity contribution >= 4 is 39.3 Å². The third-order valence-corrected chi connectivity index (χ3v) is 4.68. The molecular weight excluding hydrogens is 327 g/mol. The van der Waals surface area contributed by atoms with Crippen molar-refractivity contribution in [3.63, 3.8) is 0 Å². The van der Waals surface area contributed by atoms with Crippen molar-refractivity contribution in [2.24, 2.45) is 0 Å². The number of halogens is 1. The first-order chi connectivity index (χ1) is 8.22. The minimum Gasteiger partial charge on any atom is -0.384 e. The second-order valence-electron chi connectivity index (χ2n) is 4.68. The third kappa shape index (κ3) is 2.25. The molecule has 1 aliphatic carbocycles. The van der Waals surface area contributed by atoms with Gasteiger partial charge >= 0.3 is 0 Å². The Kier molecular flexibility index (Phi) is 2.94. The normalized spacial score (nSPS) is 25.2. The van der Waals surface area contributed by atoms with Gasteiger partial charge in [-0.1, -0.05) is 22.6 Å². The highest BCUT2D eigenvalue weighted by Gasteiger charge is 2.21. The maximum atomic E-state index is 5.68. The van der Waals surface area contributed by atoms with Gasteiger partial charge in [0.1, 0.15) is 11.3 Å². The first-order valence-electron chi connectivity index (χ1n) is 5.97. The number of nitrogens with two attached hydrogens (primary N) is 1. The number of hydrogen-bond acceptors (Lipinski definition) is 3. The van der Waals surface area contributed by atoms with Crippen LogP contribution in [0.15, 0.2) is 18.5 Å². The van der Waals surface area contributed by atoms with E-state index < -0.39 is 0 Å². The van der Waals surface area contributed by atoms with Crippen molar-refractivity contribution in [3.05, 3.63) is 18.5 Å². The van der Waals surface area contributed by atoms with Crippen LogP contribution in [0.3, 0.4) is 0 Å². The summed E-state index contributed by atoms with van der Waals surface area (Å²) < 4.78 is 2.94. The van der Waals surface area contributed by atoms with Gasteiger partial charge in [0.2, 0.25) is 0 Å². The zero-order valence-corrected chi connectivity index (χ0v) is 11.7. The predicted octanol–water partition coefficient (Wildman–Crippen LogP) is 2.93. The van der Waals surface area contributed by atoms with Crippen LogP contribution < -0.4 is 5.73 Å². The Morgan fingerprint density at radius 2 is 2.06 bits per heavy atom. The summed E-state index contributed by atoms with van der Waals surface area (Å²) in [4.78, 5) is 4.08. The lowest BCUT2D eigenvalue weighted by Crippen LogP contribution is -2.18. The fourth-order valence-electron chi connectivity index (χ4n) is 2.45. The summed E-state index contributed by atoms with van der Waals surface area (Å²) >= 11 is 2.55. The molecule has 1 aliphatic rings. The molecule has 0 aromatic carbocycles. The van der Waals surface area contributed by atoms with Crippen LogP contribution in [0.25, 0.3) is 10.9 Å². The van der Waals surface area contributed by atoms with E-state index in [1.165, 1.54) is 25.7 Å². The fourth-order valence-corrected chi connectivity index (χ4v) is 3.17. The summed E-state index contributed by atoms with van der Waals surface area (Å²) in [5.41, 5.74) is 6.62. The Hall–Kier alpha value is -0.850. The molecule has 0 aliphatic heterocycles. The number of anilines is 1. The molecule has 0 unspecified atom stereocenters. The molecule has 1 saturated carbocycles. The number of fused-ring (bicyclic) bond motifs is 1. The molecule has 4 nitrogen and oxygen atoms in total. The average Bonchev–Trinajstić information content (AvgIpc) is 2.72. The number of pyridine rings is 1. The Balaban J connectivity index is 1.90. The summed E-state index contributed by atoms with van der Waals surface area (Å²) in [6, 6.07) is 2.44. The van der Waals surface area contributed by atoms with E-state index in [1.807, 2.05) is 6.07 Å². The SMILES string of the molecule is Nc1cc2cn([C@H]3CC[C@H](I)CC3)nc2cn1. The van der Waals surface area contributed by atoms with Gasteiger partial charge in [-0.3, -0.25) is 4.68 Å².